The van der Waals surface area contributed by atoms with Gasteiger partial charge in [0.05, 0.1) is 5.70 Å². The zero-order chi connectivity index (χ0) is 40.0. The van der Waals surface area contributed by atoms with Crippen LogP contribution in [-0.4, -0.2) is 6.17 Å². The van der Waals surface area contributed by atoms with Gasteiger partial charge in [0, 0.05) is 17.3 Å². The van der Waals surface area contributed by atoms with Crippen molar-refractivity contribution in [3.63, 3.8) is 0 Å². The fraction of sp³-hybridized carbons (Fsp3) is 0.172. The van der Waals surface area contributed by atoms with E-state index < -0.39 is 0 Å². The highest BCUT2D eigenvalue weighted by Gasteiger charge is 2.35. The van der Waals surface area contributed by atoms with E-state index in [0.717, 1.165) is 38.5 Å². The van der Waals surface area contributed by atoms with E-state index >= 15 is 0 Å². The van der Waals surface area contributed by atoms with Gasteiger partial charge in [-0.2, -0.15) is 0 Å². The average Bonchev–Trinajstić information content (AvgIpc) is 3.70. The van der Waals surface area contributed by atoms with Gasteiger partial charge < -0.3 is 10.2 Å². The fourth-order valence-corrected chi connectivity index (χ4v) is 10.5. The molecule has 1 aliphatic heterocycles. The number of rotatable bonds is 7. The van der Waals surface area contributed by atoms with Crippen molar-refractivity contribution in [2.75, 3.05) is 4.90 Å². The molecule has 5 aliphatic rings. The summed E-state index contributed by atoms with van der Waals surface area (Å²) in [7, 11) is 0. The fourth-order valence-electron chi connectivity index (χ4n) is 10.5. The standard InChI is InChI=1S/C58H50N2/c1-39-29-36-55-54(37-39)59-58(60(55)45-21-9-4-10-22-45)43-32-30-40(31-33-43)44-34-35-52-53(38-44)57(49-26-14-12-24-47(49)42-19-7-3-8-20-42)51-28-16-15-27-50(51)56(52)48-25-13-11-23-46(48)41-17-5-2-6-18-41/h2-14,17,19-30,32,34-36,38-39,41,58-59H,15-16,18,31,33,37H2,1H3. The molecule has 0 bridgehead atoms. The van der Waals surface area contributed by atoms with Crippen LogP contribution in [0.15, 0.2) is 193 Å². The summed E-state index contributed by atoms with van der Waals surface area (Å²) in [4.78, 5) is 2.52. The number of benzene rings is 6. The third-order valence-electron chi connectivity index (χ3n) is 13.3. The van der Waals surface area contributed by atoms with Crippen LogP contribution >= 0.6 is 0 Å². The van der Waals surface area contributed by atoms with Gasteiger partial charge >= 0.3 is 0 Å². The maximum absolute atomic E-state index is 3.99. The van der Waals surface area contributed by atoms with Crippen molar-refractivity contribution in [1.82, 2.24) is 5.32 Å². The molecule has 292 valence electrons. The topological polar surface area (TPSA) is 15.3 Å². The molecule has 3 atom stereocenters. The van der Waals surface area contributed by atoms with Crippen LogP contribution in [0.3, 0.4) is 0 Å². The molecule has 0 amide bonds. The van der Waals surface area contributed by atoms with Crippen molar-refractivity contribution < 1.29 is 0 Å². The molecule has 0 saturated heterocycles. The average molecular weight is 775 g/mol. The van der Waals surface area contributed by atoms with Gasteiger partial charge in [0.15, 0.2) is 0 Å². The lowest BCUT2D eigenvalue weighted by Crippen LogP contribution is -2.39. The maximum Gasteiger partial charge on any atom is 0.126 e. The third kappa shape index (κ3) is 6.43. The van der Waals surface area contributed by atoms with Gasteiger partial charge in [0.2, 0.25) is 0 Å². The van der Waals surface area contributed by atoms with E-state index in [9.17, 15) is 0 Å². The molecule has 0 aromatic heterocycles. The number of hydrogen-bond acceptors (Lipinski definition) is 2. The number of para-hydroxylation sites is 1. The van der Waals surface area contributed by atoms with Crippen molar-refractivity contribution in [1.29, 1.82) is 0 Å². The van der Waals surface area contributed by atoms with Gasteiger partial charge in [0.25, 0.3) is 0 Å². The number of allylic oxidation sites excluding steroid dienone is 10. The minimum atomic E-state index is 0.110. The van der Waals surface area contributed by atoms with Crippen LogP contribution < -0.4 is 20.7 Å². The van der Waals surface area contributed by atoms with Crippen LogP contribution in [0.25, 0.3) is 61.9 Å². The molecule has 1 heterocycles. The minimum absolute atomic E-state index is 0.110. The first-order valence-corrected chi connectivity index (χ1v) is 22.0. The number of hydrogen-bond donors (Lipinski definition) is 1. The molecule has 0 spiro atoms. The summed E-state index contributed by atoms with van der Waals surface area (Å²) in [6, 6.07) is 47.5. The molecule has 2 heteroatoms. The molecule has 1 N–H and O–H groups in total. The summed E-state index contributed by atoms with van der Waals surface area (Å²) in [5.74, 6) is 0.885. The summed E-state index contributed by atoms with van der Waals surface area (Å²) in [5.41, 5.74) is 17.3. The first kappa shape index (κ1) is 36.4. The second kappa shape index (κ2) is 15.5. The van der Waals surface area contributed by atoms with E-state index in [1.54, 1.807) is 0 Å². The number of fused-ring (bicyclic) bond motifs is 2. The van der Waals surface area contributed by atoms with Crippen LogP contribution in [-0.2, 0) is 0 Å². The molecular formula is C58H50N2. The number of anilines is 1. The van der Waals surface area contributed by atoms with Crippen molar-refractivity contribution in [3.8, 4) is 33.4 Å². The molecule has 0 radical (unpaired) electrons. The molecule has 3 unspecified atom stereocenters. The van der Waals surface area contributed by atoms with Crippen molar-refractivity contribution in [2.45, 2.75) is 57.5 Å². The van der Waals surface area contributed by atoms with Gasteiger partial charge in [-0.15, -0.1) is 0 Å². The highest BCUT2D eigenvalue weighted by Crippen LogP contribution is 2.43. The van der Waals surface area contributed by atoms with Crippen molar-refractivity contribution in [2.24, 2.45) is 5.92 Å². The molecule has 6 aromatic rings. The first-order valence-electron chi connectivity index (χ1n) is 22.0. The number of nitrogens with zero attached hydrogens (tertiary/aromatic N) is 1. The monoisotopic (exact) mass is 774 g/mol. The molecule has 11 rings (SSSR count). The highest BCUT2D eigenvalue weighted by molar-refractivity contribution is 6.09. The second-order valence-corrected chi connectivity index (χ2v) is 17.1. The van der Waals surface area contributed by atoms with Crippen molar-refractivity contribution >= 4 is 34.2 Å². The molecule has 4 aliphatic carbocycles. The SMILES string of the molecule is CC1C=CC2=C(C1)NC(C1=CC=C(c3ccc4c(-c5ccccc5C5C=CC=CC5)c5c(c(-c6ccccc6-c6ccccc6)c4c3)=CCCC=5)CC1)N2c1ccccc1. The third-order valence-corrected chi connectivity index (χ3v) is 13.3. The Morgan fingerprint density at radius 3 is 2.08 bits per heavy atom. The number of nitrogens with one attached hydrogen (secondary N) is 1. The van der Waals surface area contributed by atoms with Crippen LogP contribution in [0.5, 0.6) is 0 Å². The molecule has 2 nitrogen and oxygen atoms in total. The predicted molar refractivity (Wildman–Crippen MR) is 254 cm³/mol. The van der Waals surface area contributed by atoms with E-state index in [4.69, 9.17) is 0 Å². The Bertz CT molecular complexity index is 2970. The molecular weight excluding hydrogens is 725 g/mol. The van der Waals surface area contributed by atoms with Gasteiger partial charge in [-0.25, -0.2) is 0 Å². The lowest BCUT2D eigenvalue weighted by molar-refractivity contribution is 0.615. The maximum atomic E-state index is 3.99. The molecule has 60 heavy (non-hydrogen) atoms. The van der Waals surface area contributed by atoms with Gasteiger partial charge in [-0.3, -0.25) is 0 Å². The van der Waals surface area contributed by atoms with Crippen molar-refractivity contribution in [3.05, 3.63) is 215 Å². The van der Waals surface area contributed by atoms with Gasteiger partial charge in [-0.1, -0.05) is 171 Å². The van der Waals surface area contributed by atoms with E-state index in [1.165, 1.54) is 93.9 Å². The largest absolute Gasteiger partial charge is 0.363 e. The van der Waals surface area contributed by atoms with E-state index in [1.807, 2.05) is 0 Å². The molecule has 6 aromatic carbocycles. The zero-order valence-corrected chi connectivity index (χ0v) is 34.3. The predicted octanol–water partition coefficient (Wildman–Crippen LogP) is 13.1. The normalized spacial score (nSPS) is 20.5. The van der Waals surface area contributed by atoms with Crippen LogP contribution in [0.4, 0.5) is 5.69 Å². The van der Waals surface area contributed by atoms with Crippen LogP contribution in [0.2, 0.25) is 0 Å². The molecule has 0 saturated carbocycles. The Morgan fingerprint density at radius 2 is 1.33 bits per heavy atom. The Balaban J connectivity index is 1.09. The van der Waals surface area contributed by atoms with E-state index in [2.05, 4.69) is 205 Å². The second-order valence-electron chi connectivity index (χ2n) is 17.1. The summed E-state index contributed by atoms with van der Waals surface area (Å²) < 4.78 is 0. The smallest absolute Gasteiger partial charge is 0.126 e. The lowest BCUT2D eigenvalue weighted by atomic mass is 9.80. The lowest BCUT2D eigenvalue weighted by Gasteiger charge is -2.31. The van der Waals surface area contributed by atoms with Gasteiger partial charge in [-0.05, 0) is 146 Å². The van der Waals surface area contributed by atoms with E-state index in [0.29, 0.717) is 11.8 Å². The quantitative estimate of drug-likeness (QED) is 0.174. The Kier molecular flexibility index (Phi) is 9.42. The summed E-state index contributed by atoms with van der Waals surface area (Å²) >= 11 is 0. The van der Waals surface area contributed by atoms with E-state index in [-0.39, 0.29) is 6.17 Å². The Hall–Kier alpha value is -6.64. The summed E-state index contributed by atoms with van der Waals surface area (Å²) in [6.45, 7) is 2.31. The van der Waals surface area contributed by atoms with Crippen LogP contribution in [0, 0.1) is 5.92 Å². The Labute approximate surface area is 354 Å². The zero-order valence-electron chi connectivity index (χ0n) is 34.3. The summed E-state index contributed by atoms with van der Waals surface area (Å²) in [6.07, 6.45) is 29.9. The van der Waals surface area contributed by atoms with Gasteiger partial charge in [0.1, 0.15) is 6.17 Å². The first-order chi connectivity index (χ1) is 29.7. The Morgan fingerprint density at radius 1 is 0.617 bits per heavy atom. The summed E-state index contributed by atoms with van der Waals surface area (Å²) in [5, 5.41) is 9.38. The van der Waals surface area contributed by atoms with Crippen LogP contribution in [0.1, 0.15) is 62.5 Å². The molecule has 0 fully saturated rings. The minimum Gasteiger partial charge on any atom is -0.363 e. The highest BCUT2D eigenvalue weighted by atomic mass is 15.3.